The van der Waals surface area contributed by atoms with E-state index in [9.17, 15) is 9.59 Å². The molecule has 1 N–H and O–H groups in total. The summed E-state index contributed by atoms with van der Waals surface area (Å²) in [7, 11) is 0. The van der Waals surface area contributed by atoms with E-state index >= 15 is 0 Å². The van der Waals surface area contributed by atoms with Gasteiger partial charge in [-0.25, -0.2) is 9.59 Å². The number of hydrogen-bond donors (Lipinski definition) is 1. The number of urea groups is 1. The molecular formula is C14H22N4O3S. The van der Waals surface area contributed by atoms with Crippen LogP contribution in [0.25, 0.3) is 0 Å². The summed E-state index contributed by atoms with van der Waals surface area (Å²) in [4.78, 5) is 26.1. The van der Waals surface area contributed by atoms with Gasteiger partial charge in [0.15, 0.2) is 0 Å². The molecule has 1 aromatic rings. The zero-order valence-corrected chi connectivity index (χ0v) is 14.2. The summed E-state index contributed by atoms with van der Waals surface area (Å²) in [6, 6.07) is -0.857. The van der Waals surface area contributed by atoms with E-state index in [-0.39, 0.29) is 12.0 Å². The second-order valence-electron chi connectivity index (χ2n) is 6.17. The number of nitrogens with one attached hydrogen (secondary N) is 1. The summed E-state index contributed by atoms with van der Waals surface area (Å²) in [6.45, 7) is 7.97. The maximum Gasteiger partial charge on any atom is 0.329 e. The molecule has 0 aromatic carbocycles. The van der Waals surface area contributed by atoms with E-state index in [1.54, 1.807) is 0 Å². The van der Waals surface area contributed by atoms with Crippen LogP contribution in [0.3, 0.4) is 0 Å². The molecule has 22 heavy (non-hydrogen) atoms. The molecule has 0 unspecified atom stereocenters. The number of carbonyl (C=O) groups excluding carboxylic acids is 2. The fourth-order valence-corrected chi connectivity index (χ4v) is 2.90. The third-order valence-corrected chi connectivity index (χ3v) is 4.16. The Kier molecular flexibility index (Phi) is 5.00. The summed E-state index contributed by atoms with van der Waals surface area (Å²) in [6.07, 6.45) is 2.18. The SMILES string of the molecule is CCc1nnc(NC(=O)N2CCC[C@H]2C(=O)OC(C)(C)C)s1. The van der Waals surface area contributed by atoms with Crippen molar-refractivity contribution in [2.45, 2.75) is 58.6 Å². The van der Waals surface area contributed by atoms with Crippen molar-refractivity contribution >= 4 is 28.5 Å². The largest absolute Gasteiger partial charge is 0.458 e. The van der Waals surface area contributed by atoms with Gasteiger partial charge in [-0.05, 0) is 40.0 Å². The van der Waals surface area contributed by atoms with Crippen LogP contribution in [0.1, 0.15) is 45.5 Å². The number of anilines is 1. The minimum Gasteiger partial charge on any atom is -0.458 e. The third-order valence-electron chi connectivity index (χ3n) is 3.18. The van der Waals surface area contributed by atoms with Crippen LogP contribution in [0.4, 0.5) is 9.93 Å². The molecule has 0 radical (unpaired) electrons. The summed E-state index contributed by atoms with van der Waals surface area (Å²) < 4.78 is 5.39. The van der Waals surface area contributed by atoms with Crippen molar-refractivity contribution in [1.29, 1.82) is 0 Å². The van der Waals surface area contributed by atoms with Crippen LogP contribution in [0.5, 0.6) is 0 Å². The van der Waals surface area contributed by atoms with Gasteiger partial charge in [-0.2, -0.15) is 0 Å². The van der Waals surface area contributed by atoms with Gasteiger partial charge in [-0.1, -0.05) is 18.3 Å². The standard InChI is InChI=1S/C14H22N4O3S/c1-5-10-16-17-12(22-10)15-13(20)18-8-6-7-9(18)11(19)21-14(2,3)4/h9H,5-8H2,1-4H3,(H,15,17,20)/t9-/m0/s1. The number of aromatic nitrogens is 2. The zero-order chi connectivity index (χ0) is 16.3. The molecule has 1 saturated heterocycles. The number of carbonyl (C=O) groups is 2. The molecule has 122 valence electrons. The van der Waals surface area contributed by atoms with Crippen molar-refractivity contribution in [3.8, 4) is 0 Å². The molecule has 0 aliphatic carbocycles. The molecule has 2 amide bonds. The van der Waals surface area contributed by atoms with Gasteiger partial charge in [0.2, 0.25) is 5.13 Å². The monoisotopic (exact) mass is 326 g/mol. The number of likely N-dealkylation sites (tertiary alicyclic amines) is 1. The predicted molar refractivity (Wildman–Crippen MR) is 83.9 cm³/mol. The Morgan fingerprint density at radius 2 is 2.14 bits per heavy atom. The average molecular weight is 326 g/mol. The highest BCUT2D eigenvalue weighted by Gasteiger charge is 2.37. The number of esters is 1. The fraction of sp³-hybridized carbons (Fsp3) is 0.714. The molecule has 1 atom stereocenters. The average Bonchev–Trinajstić information content (AvgIpc) is 3.04. The maximum atomic E-state index is 12.3. The summed E-state index contributed by atoms with van der Waals surface area (Å²) in [5, 5.41) is 11.9. The van der Waals surface area contributed by atoms with Crippen molar-refractivity contribution in [3.05, 3.63) is 5.01 Å². The lowest BCUT2D eigenvalue weighted by molar-refractivity contribution is -0.159. The predicted octanol–water partition coefficient (Wildman–Crippen LogP) is 2.44. The molecule has 0 bridgehead atoms. The van der Waals surface area contributed by atoms with Gasteiger partial charge >= 0.3 is 12.0 Å². The van der Waals surface area contributed by atoms with E-state index in [1.807, 2.05) is 27.7 Å². The molecular weight excluding hydrogens is 304 g/mol. The minimum absolute atomic E-state index is 0.327. The Hall–Kier alpha value is -1.70. The highest BCUT2D eigenvalue weighted by atomic mass is 32.1. The molecule has 2 rings (SSSR count). The number of rotatable bonds is 3. The van der Waals surface area contributed by atoms with E-state index in [4.69, 9.17) is 4.74 Å². The van der Waals surface area contributed by atoms with Gasteiger partial charge in [0.05, 0.1) is 0 Å². The number of hydrogen-bond acceptors (Lipinski definition) is 6. The van der Waals surface area contributed by atoms with Crippen LogP contribution in [0, 0.1) is 0 Å². The maximum absolute atomic E-state index is 12.3. The van der Waals surface area contributed by atoms with Crippen LogP contribution in [0.15, 0.2) is 0 Å². The van der Waals surface area contributed by atoms with Gasteiger partial charge in [-0.15, -0.1) is 10.2 Å². The third kappa shape index (κ3) is 4.16. The second-order valence-corrected chi connectivity index (χ2v) is 7.23. The van der Waals surface area contributed by atoms with Crippen LogP contribution in [-0.4, -0.2) is 45.3 Å². The Morgan fingerprint density at radius 1 is 1.41 bits per heavy atom. The van der Waals surface area contributed by atoms with E-state index in [2.05, 4.69) is 15.5 Å². The van der Waals surface area contributed by atoms with Crippen LogP contribution in [0.2, 0.25) is 0 Å². The van der Waals surface area contributed by atoms with Gasteiger partial charge in [0.1, 0.15) is 16.7 Å². The second kappa shape index (κ2) is 6.60. The number of nitrogens with zero attached hydrogens (tertiary/aromatic N) is 3. The van der Waals surface area contributed by atoms with Crippen molar-refractivity contribution in [2.75, 3.05) is 11.9 Å². The molecule has 1 fully saturated rings. The van der Waals surface area contributed by atoms with Crippen LogP contribution >= 0.6 is 11.3 Å². The molecule has 8 heteroatoms. The lowest BCUT2D eigenvalue weighted by Gasteiger charge is -2.27. The van der Waals surface area contributed by atoms with Gasteiger partial charge in [0.25, 0.3) is 0 Å². The van der Waals surface area contributed by atoms with Crippen LogP contribution < -0.4 is 5.32 Å². The minimum atomic E-state index is -0.558. The Morgan fingerprint density at radius 3 is 2.73 bits per heavy atom. The number of ether oxygens (including phenoxy) is 1. The van der Waals surface area contributed by atoms with E-state index in [1.165, 1.54) is 16.2 Å². The first-order valence-corrected chi connectivity index (χ1v) is 8.24. The lowest BCUT2D eigenvalue weighted by atomic mass is 10.1. The van der Waals surface area contributed by atoms with Crippen molar-refractivity contribution in [3.63, 3.8) is 0 Å². The van der Waals surface area contributed by atoms with Gasteiger partial charge in [-0.3, -0.25) is 5.32 Å². The Balaban J connectivity index is 2.00. The topological polar surface area (TPSA) is 84.4 Å². The normalized spacial score (nSPS) is 18.4. The summed E-state index contributed by atoms with van der Waals surface area (Å²) >= 11 is 1.34. The van der Waals surface area contributed by atoms with E-state index in [0.717, 1.165) is 17.8 Å². The number of aryl methyl sites for hydroxylation is 1. The van der Waals surface area contributed by atoms with Crippen LogP contribution in [-0.2, 0) is 16.0 Å². The molecule has 1 aliphatic rings. The highest BCUT2D eigenvalue weighted by Crippen LogP contribution is 2.23. The molecule has 1 aromatic heterocycles. The Labute approximate surface area is 134 Å². The molecule has 0 spiro atoms. The Bertz CT molecular complexity index is 553. The zero-order valence-electron chi connectivity index (χ0n) is 13.4. The molecule has 2 heterocycles. The lowest BCUT2D eigenvalue weighted by Crippen LogP contribution is -2.45. The quantitative estimate of drug-likeness (QED) is 0.862. The fourth-order valence-electron chi connectivity index (χ4n) is 2.23. The van der Waals surface area contributed by atoms with Crippen molar-refractivity contribution in [1.82, 2.24) is 15.1 Å². The van der Waals surface area contributed by atoms with Crippen molar-refractivity contribution < 1.29 is 14.3 Å². The first-order valence-electron chi connectivity index (χ1n) is 7.43. The first-order chi connectivity index (χ1) is 10.3. The van der Waals surface area contributed by atoms with E-state index in [0.29, 0.717) is 18.1 Å². The smallest absolute Gasteiger partial charge is 0.329 e. The number of amides is 2. The molecule has 7 nitrogen and oxygen atoms in total. The summed E-state index contributed by atoms with van der Waals surface area (Å²) in [5.74, 6) is -0.355. The molecule has 1 aliphatic heterocycles. The van der Waals surface area contributed by atoms with Crippen molar-refractivity contribution in [2.24, 2.45) is 0 Å². The van der Waals surface area contributed by atoms with Gasteiger partial charge in [0, 0.05) is 6.54 Å². The van der Waals surface area contributed by atoms with E-state index < -0.39 is 11.6 Å². The molecule has 0 saturated carbocycles. The van der Waals surface area contributed by atoms with Gasteiger partial charge < -0.3 is 9.64 Å². The highest BCUT2D eigenvalue weighted by molar-refractivity contribution is 7.15. The summed E-state index contributed by atoms with van der Waals surface area (Å²) in [5.41, 5.74) is -0.558. The first kappa shape index (κ1) is 16.7.